The molecular formula is C13H17F3N4O. The maximum absolute atomic E-state index is 12.6. The Hall–Kier alpha value is -1.83. The molecule has 1 fully saturated rings. The third kappa shape index (κ3) is 4.07. The number of piperazine rings is 1. The van der Waals surface area contributed by atoms with Crippen LogP contribution in [0.3, 0.4) is 0 Å². The first-order valence-corrected chi connectivity index (χ1v) is 6.62. The molecular weight excluding hydrogens is 285 g/mol. The van der Waals surface area contributed by atoms with E-state index in [4.69, 9.17) is 0 Å². The number of carbonyl (C=O) groups excluding carboxylic acids is 1. The van der Waals surface area contributed by atoms with Gasteiger partial charge in [-0.2, -0.15) is 13.2 Å². The largest absolute Gasteiger partial charge is 0.433 e. The van der Waals surface area contributed by atoms with Crippen LogP contribution < -0.4 is 10.2 Å². The minimum absolute atomic E-state index is 0.00824. The highest BCUT2D eigenvalue weighted by molar-refractivity contribution is 5.81. The second-order valence-electron chi connectivity index (χ2n) is 4.87. The number of rotatable bonds is 3. The molecule has 1 aromatic rings. The van der Waals surface area contributed by atoms with Crippen LogP contribution in [-0.4, -0.2) is 55.6 Å². The molecule has 8 heteroatoms. The van der Waals surface area contributed by atoms with Crippen LogP contribution in [0.25, 0.3) is 0 Å². The molecule has 0 atom stereocenters. The first kappa shape index (κ1) is 15.6. The fraction of sp³-hybridized carbons (Fsp3) is 0.538. The van der Waals surface area contributed by atoms with Crippen molar-refractivity contribution in [2.24, 2.45) is 0 Å². The number of nitrogens with zero attached hydrogens (tertiary/aromatic N) is 3. The maximum Gasteiger partial charge on any atom is 0.433 e. The molecule has 2 rings (SSSR count). The van der Waals surface area contributed by atoms with Gasteiger partial charge in [0, 0.05) is 33.2 Å². The van der Waals surface area contributed by atoms with E-state index < -0.39 is 11.9 Å². The predicted molar refractivity (Wildman–Crippen MR) is 72.0 cm³/mol. The van der Waals surface area contributed by atoms with Crippen LogP contribution >= 0.6 is 0 Å². The Bertz CT molecular complexity index is 500. The lowest BCUT2D eigenvalue weighted by Gasteiger charge is -2.29. The molecule has 0 aromatic carbocycles. The summed E-state index contributed by atoms with van der Waals surface area (Å²) >= 11 is 0. The lowest BCUT2D eigenvalue weighted by Crippen LogP contribution is -2.49. The number of hydrogen-bond donors (Lipinski definition) is 1. The number of pyridine rings is 1. The van der Waals surface area contributed by atoms with Crippen molar-refractivity contribution in [2.75, 3.05) is 44.7 Å². The zero-order valence-corrected chi connectivity index (χ0v) is 11.7. The van der Waals surface area contributed by atoms with E-state index in [0.717, 1.165) is 19.2 Å². The molecule has 0 radical (unpaired) electrons. The molecule has 0 spiro atoms. The molecule has 1 aromatic heterocycles. The van der Waals surface area contributed by atoms with Gasteiger partial charge in [0.15, 0.2) is 0 Å². The van der Waals surface area contributed by atoms with Gasteiger partial charge in [0.25, 0.3) is 0 Å². The molecule has 2 heterocycles. The van der Waals surface area contributed by atoms with Crippen molar-refractivity contribution in [3.63, 3.8) is 0 Å². The molecule has 116 valence electrons. The summed E-state index contributed by atoms with van der Waals surface area (Å²) in [4.78, 5) is 18.8. The Kier molecular flexibility index (Phi) is 4.66. The minimum atomic E-state index is -4.49. The third-order valence-electron chi connectivity index (χ3n) is 3.26. The molecule has 1 aliphatic rings. The summed E-state index contributed by atoms with van der Waals surface area (Å²) in [6, 6.07) is 3.66. The molecule has 0 aliphatic carbocycles. The second kappa shape index (κ2) is 6.30. The zero-order chi connectivity index (χ0) is 15.5. The number of nitrogens with one attached hydrogen (secondary N) is 1. The molecule has 1 amide bonds. The first-order chi connectivity index (χ1) is 9.88. The van der Waals surface area contributed by atoms with Crippen LogP contribution in [0, 0.1) is 0 Å². The smallest absolute Gasteiger partial charge is 0.350 e. The number of aromatic nitrogens is 1. The fourth-order valence-corrected chi connectivity index (χ4v) is 2.09. The van der Waals surface area contributed by atoms with E-state index in [-0.39, 0.29) is 18.3 Å². The van der Waals surface area contributed by atoms with Crippen molar-refractivity contribution in [1.29, 1.82) is 0 Å². The molecule has 0 bridgehead atoms. The van der Waals surface area contributed by atoms with Crippen LogP contribution in [0.5, 0.6) is 0 Å². The van der Waals surface area contributed by atoms with Crippen LogP contribution in [-0.2, 0) is 11.0 Å². The van der Waals surface area contributed by atoms with Crippen LogP contribution in [0.1, 0.15) is 5.69 Å². The van der Waals surface area contributed by atoms with Gasteiger partial charge in [-0.15, -0.1) is 0 Å². The maximum atomic E-state index is 12.6. The lowest BCUT2D eigenvalue weighted by atomic mass is 10.3. The third-order valence-corrected chi connectivity index (χ3v) is 3.26. The van der Waals surface area contributed by atoms with E-state index in [0.29, 0.717) is 13.1 Å². The summed E-state index contributed by atoms with van der Waals surface area (Å²) in [5.41, 5.74) is -0.957. The number of alkyl halides is 3. The lowest BCUT2D eigenvalue weighted by molar-refractivity contribution is -0.141. The van der Waals surface area contributed by atoms with Crippen molar-refractivity contribution >= 4 is 11.7 Å². The molecule has 0 saturated carbocycles. The van der Waals surface area contributed by atoms with E-state index in [1.54, 1.807) is 11.9 Å². The predicted octanol–water partition coefficient (Wildman–Crippen LogP) is 0.968. The van der Waals surface area contributed by atoms with Crippen molar-refractivity contribution in [3.8, 4) is 0 Å². The number of anilines is 1. The SMILES string of the molecule is CN(CC(=O)N1CCNCC1)c1cccc(C(F)(F)F)n1. The van der Waals surface area contributed by atoms with E-state index >= 15 is 0 Å². The monoisotopic (exact) mass is 302 g/mol. The van der Waals surface area contributed by atoms with Gasteiger partial charge in [0.05, 0.1) is 6.54 Å². The molecule has 1 N–H and O–H groups in total. The van der Waals surface area contributed by atoms with E-state index in [1.165, 1.54) is 17.0 Å². The highest BCUT2D eigenvalue weighted by Gasteiger charge is 2.32. The first-order valence-electron chi connectivity index (χ1n) is 6.62. The summed E-state index contributed by atoms with van der Waals surface area (Å²) in [6.07, 6.45) is -4.49. The number of amides is 1. The van der Waals surface area contributed by atoms with Gasteiger partial charge in [0.1, 0.15) is 11.5 Å². The normalized spacial score (nSPS) is 15.9. The summed E-state index contributed by atoms with van der Waals surface area (Å²) < 4.78 is 37.9. The van der Waals surface area contributed by atoms with Crippen LogP contribution in [0.4, 0.5) is 19.0 Å². The summed E-state index contributed by atoms with van der Waals surface area (Å²) in [5, 5.41) is 3.13. The molecule has 0 unspecified atom stereocenters. The average molecular weight is 302 g/mol. The Labute approximate surface area is 120 Å². The molecule has 1 saturated heterocycles. The Balaban J connectivity index is 2.02. The summed E-state index contributed by atoms with van der Waals surface area (Å²) in [7, 11) is 1.56. The van der Waals surface area contributed by atoms with Crippen LogP contribution in [0.15, 0.2) is 18.2 Å². The Morgan fingerprint density at radius 3 is 2.67 bits per heavy atom. The van der Waals surface area contributed by atoms with Gasteiger partial charge < -0.3 is 15.1 Å². The van der Waals surface area contributed by atoms with Crippen molar-refractivity contribution in [1.82, 2.24) is 15.2 Å². The highest BCUT2D eigenvalue weighted by atomic mass is 19.4. The van der Waals surface area contributed by atoms with E-state index in [1.807, 2.05) is 0 Å². The van der Waals surface area contributed by atoms with Crippen molar-refractivity contribution in [3.05, 3.63) is 23.9 Å². The number of likely N-dealkylation sites (N-methyl/N-ethyl adjacent to an activating group) is 1. The van der Waals surface area contributed by atoms with E-state index in [9.17, 15) is 18.0 Å². The average Bonchev–Trinajstić information content (AvgIpc) is 2.47. The van der Waals surface area contributed by atoms with Gasteiger partial charge in [-0.1, -0.05) is 6.07 Å². The van der Waals surface area contributed by atoms with Gasteiger partial charge in [-0.3, -0.25) is 4.79 Å². The number of hydrogen-bond acceptors (Lipinski definition) is 4. The van der Waals surface area contributed by atoms with Gasteiger partial charge >= 0.3 is 6.18 Å². The molecule has 1 aliphatic heterocycles. The number of carbonyl (C=O) groups is 1. The van der Waals surface area contributed by atoms with Crippen molar-refractivity contribution < 1.29 is 18.0 Å². The zero-order valence-electron chi connectivity index (χ0n) is 11.7. The standard InChI is InChI=1S/C13H17F3N4O/c1-19(9-12(21)20-7-5-17-6-8-20)11-4-2-3-10(18-11)13(14,15)16/h2-4,17H,5-9H2,1H3. The topological polar surface area (TPSA) is 48.5 Å². The second-order valence-corrected chi connectivity index (χ2v) is 4.87. The molecule has 5 nitrogen and oxygen atoms in total. The van der Waals surface area contributed by atoms with Gasteiger partial charge in [-0.05, 0) is 12.1 Å². The van der Waals surface area contributed by atoms with Gasteiger partial charge in [0.2, 0.25) is 5.91 Å². The quantitative estimate of drug-likeness (QED) is 0.904. The Morgan fingerprint density at radius 2 is 2.05 bits per heavy atom. The van der Waals surface area contributed by atoms with Gasteiger partial charge in [-0.25, -0.2) is 4.98 Å². The van der Waals surface area contributed by atoms with Crippen LogP contribution in [0.2, 0.25) is 0 Å². The Morgan fingerprint density at radius 1 is 1.38 bits per heavy atom. The summed E-state index contributed by atoms with van der Waals surface area (Å²) in [6.45, 7) is 2.70. The summed E-state index contributed by atoms with van der Waals surface area (Å²) in [5.74, 6) is 0.0199. The minimum Gasteiger partial charge on any atom is -0.350 e. The highest BCUT2D eigenvalue weighted by Crippen LogP contribution is 2.28. The number of halogens is 3. The molecule has 21 heavy (non-hydrogen) atoms. The van der Waals surface area contributed by atoms with E-state index in [2.05, 4.69) is 10.3 Å². The fourth-order valence-electron chi connectivity index (χ4n) is 2.09. The van der Waals surface area contributed by atoms with Crippen molar-refractivity contribution in [2.45, 2.75) is 6.18 Å².